The zero-order valence-electron chi connectivity index (χ0n) is 10.8. The summed E-state index contributed by atoms with van der Waals surface area (Å²) in [4.78, 5) is 12.2. The van der Waals surface area contributed by atoms with Gasteiger partial charge in [0.25, 0.3) is 0 Å². The van der Waals surface area contributed by atoms with Crippen molar-refractivity contribution in [2.75, 3.05) is 6.26 Å². The van der Waals surface area contributed by atoms with Crippen molar-refractivity contribution in [1.82, 2.24) is 0 Å². The van der Waals surface area contributed by atoms with Crippen LogP contribution in [0.2, 0.25) is 0 Å². The van der Waals surface area contributed by atoms with Crippen LogP contribution in [0.3, 0.4) is 0 Å². The first-order chi connectivity index (χ1) is 8.18. The molecule has 1 atom stereocenters. The first kappa shape index (κ1) is 14.9. The molecular weight excluding hydrogens is 252 g/mol. The van der Waals surface area contributed by atoms with Crippen LogP contribution in [-0.4, -0.2) is 31.2 Å². The van der Waals surface area contributed by atoms with Gasteiger partial charge < -0.3 is 5.11 Å². The second-order valence-electron chi connectivity index (χ2n) is 4.65. The molecule has 5 heteroatoms. The van der Waals surface area contributed by atoms with Gasteiger partial charge in [0.15, 0.2) is 15.6 Å². The van der Waals surface area contributed by atoms with Crippen LogP contribution >= 0.6 is 0 Å². The largest absolute Gasteiger partial charge is 0.382 e. The quantitative estimate of drug-likeness (QED) is 0.828. The SMILES string of the molecule is CCCC(C)(O)C(=O)c1ccc(S(C)(=O)=O)cc1. The minimum absolute atomic E-state index is 0.161. The molecule has 1 rings (SSSR count). The Bertz CT molecular complexity index is 527. The van der Waals surface area contributed by atoms with Crippen LogP contribution in [0.15, 0.2) is 29.2 Å². The number of carbonyl (C=O) groups is 1. The summed E-state index contributed by atoms with van der Waals surface area (Å²) >= 11 is 0. The molecule has 1 aromatic rings. The van der Waals surface area contributed by atoms with Gasteiger partial charge in [0.2, 0.25) is 0 Å². The Morgan fingerprint density at radius 2 is 1.78 bits per heavy atom. The van der Waals surface area contributed by atoms with Gasteiger partial charge in [-0.05, 0) is 25.5 Å². The molecule has 0 heterocycles. The molecule has 0 aliphatic heterocycles. The summed E-state index contributed by atoms with van der Waals surface area (Å²) in [5.74, 6) is -0.385. The fraction of sp³-hybridized carbons (Fsp3) is 0.462. The topological polar surface area (TPSA) is 71.4 Å². The average Bonchev–Trinajstić information content (AvgIpc) is 2.27. The van der Waals surface area contributed by atoms with E-state index >= 15 is 0 Å². The molecule has 18 heavy (non-hydrogen) atoms. The fourth-order valence-electron chi connectivity index (χ4n) is 1.76. The normalized spacial score (nSPS) is 15.1. The highest BCUT2D eigenvalue weighted by Crippen LogP contribution is 2.20. The molecule has 0 saturated heterocycles. The molecule has 0 radical (unpaired) electrons. The van der Waals surface area contributed by atoms with Gasteiger partial charge in [0.1, 0.15) is 5.60 Å². The lowest BCUT2D eigenvalue weighted by atomic mass is 9.91. The molecule has 0 amide bonds. The van der Waals surface area contributed by atoms with Crippen LogP contribution in [0, 0.1) is 0 Å². The summed E-state index contributed by atoms with van der Waals surface area (Å²) in [6.45, 7) is 3.36. The molecule has 100 valence electrons. The van der Waals surface area contributed by atoms with Gasteiger partial charge in [0.05, 0.1) is 4.90 Å². The van der Waals surface area contributed by atoms with E-state index < -0.39 is 15.4 Å². The number of benzene rings is 1. The molecule has 1 unspecified atom stereocenters. The van der Waals surface area contributed by atoms with Gasteiger partial charge in [-0.15, -0.1) is 0 Å². The van der Waals surface area contributed by atoms with E-state index in [0.717, 1.165) is 6.26 Å². The highest BCUT2D eigenvalue weighted by atomic mass is 32.2. The molecule has 0 fully saturated rings. The molecule has 1 N–H and O–H groups in total. The zero-order chi connectivity index (χ0) is 14.0. The Labute approximate surface area is 108 Å². The van der Waals surface area contributed by atoms with Crippen molar-refractivity contribution in [3.8, 4) is 0 Å². The van der Waals surface area contributed by atoms with Crippen molar-refractivity contribution >= 4 is 15.6 Å². The van der Waals surface area contributed by atoms with E-state index in [-0.39, 0.29) is 10.7 Å². The lowest BCUT2D eigenvalue weighted by Gasteiger charge is -2.20. The predicted octanol–water partition coefficient (Wildman–Crippen LogP) is 1.82. The van der Waals surface area contributed by atoms with Gasteiger partial charge in [-0.2, -0.15) is 0 Å². The van der Waals surface area contributed by atoms with Gasteiger partial charge >= 0.3 is 0 Å². The number of hydrogen-bond acceptors (Lipinski definition) is 4. The Morgan fingerprint density at radius 3 is 2.17 bits per heavy atom. The van der Waals surface area contributed by atoms with Crippen LogP contribution in [0.4, 0.5) is 0 Å². The Morgan fingerprint density at radius 1 is 1.28 bits per heavy atom. The number of carbonyl (C=O) groups excluding carboxylic acids is 1. The van der Waals surface area contributed by atoms with E-state index in [9.17, 15) is 18.3 Å². The molecule has 1 aromatic carbocycles. The van der Waals surface area contributed by atoms with E-state index in [1.165, 1.54) is 31.2 Å². The Hall–Kier alpha value is -1.20. The summed E-state index contributed by atoms with van der Waals surface area (Å²) < 4.78 is 22.6. The minimum Gasteiger partial charge on any atom is -0.382 e. The number of aliphatic hydroxyl groups is 1. The van der Waals surface area contributed by atoms with E-state index in [1.54, 1.807) is 0 Å². The van der Waals surface area contributed by atoms with E-state index in [0.29, 0.717) is 18.4 Å². The van der Waals surface area contributed by atoms with Crippen molar-refractivity contribution in [3.63, 3.8) is 0 Å². The van der Waals surface area contributed by atoms with Crippen molar-refractivity contribution < 1.29 is 18.3 Å². The molecule has 0 aliphatic carbocycles. The molecule has 4 nitrogen and oxygen atoms in total. The van der Waals surface area contributed by atoms with E-state index in [1.807, 2.05) is 6.92 Å². The van der Waals surface area contributed by atoms with Gasteiger partial charge in [-0.1, -0.05) is 25.5 Å². The van der Waals surface area contributed by atoms with Crippen LogP contribution in [0.25, 0.3) is 0 Å². The smallest absolute Gasteiger partial charge is 0.194 e. The predicted molar refractivity (Wildman–Crippen MR) is 69.4 cm³/mol. The monoisotopic (exact) mass is 270 g/mol. The van der Waals surface area contributed by atoms with Crippen molar-refractivity contribution in [2.45, 2.75) is 37.2 Å². The zero-order valence-corrected chi connectivity index (χ0v) is 11.6. The molecule has 0 aromatic heterocycles. The molecule has 0 bridgehead atoms. The number of ketones is 1. The maximum absolute atomic E-state index is 12.0. The second kappa shape index (κ2) is 5.20. The molecule has 0 saturated carbocycles. The van der Waals surface area contributed by atoms with E-state index in [4.69, 9.17) is 0 Å². The second-order valence-corrected chi connectivity index (χ2v) is 6.67. The summed E-state index contributed by atoms with van der Waals surface area (Å²) in [6, 6.07) is 5.63. The highest BCUT2D eigenvalue weighted by Gasteiger charge is 2.29. The van der Waals surface area contributed by atoms with E-state index in [2.05, 4.69) is 0 Å². The summed E-state index contributed by atoms with van der Waals surface area (Å²) in [5.41, 5.74) is -1.08. The van der Waals surface area contributed by atoms with Gasteiger partial charge in [0, 0.05) is 11.8 Å². The maximum Gasteiger partial charge on any atom is 0.194 e. The summed E-state index contributed by atoms with van der Waals surface area (Å²) in [7, 11) is -3.26. The first-order valence-electron chi connectivity index (χ1n) is 5.76. The van der Waals surface area contributed by atoms with Crippen molar-refractivity contribution in [2.24, 2.45) is 0 Å². The van der Waals surface area contributed by atoms with Gasteiger partial charge in [-0.3, -0.25) is 4.79 Å². The standard InChI is InChI=1S/C13H18O4S/c1-4-9-13(2,15)12(14)10-5-7-11(8-6-10)18(3,16)17/h5-8,15H,4,9H2,1-3H3. The van der Waals surface area contributed by atoms with Crippen LogP contribution < -0.4 is 0 Å². The molecule has 0 aliphatic rings. The van der Waals surface area contributed by atoms with Crippen molar-refractivity contribution in [3.05, 3.63) is 29.8 Å². The molecule has 0 spiro atoms. The highest BCUT2D eigenvalue weighted by molar-refractivity contribution is 7.90. The lowest BCUT2D eigenvalue weighted by molar-refractivity contribution is 0.0364. The van der Waals surface area contributed by atoms with Crippen LogP contribution in [0.1, 0.15) is 37.0 Å². The fourth-order valence-corrected chi connectivity index (χ4v) is 2.40. The van der Waals surface area contributed by atoms with Crippen molar-refractivity contribution in [1.29, 1.82) is 0 Å². The number of rotatable bonds is 5. The summed E-state index contributed by atoms with van der Waals surface area (Å²) in [5, 5.41) is 10.00. The van der Waals surface area contributed by atoms with Crippen LogP contribution in [0.5, 0.6) is 0 Å². The van der Waals surface area contributed by atoms with Crippen LogP contribution in [-0.2, 0) is 9.84 Å². The Kier molecular flexibility index (Phi) is 4.29. The third-order valence-corrected chi connectivity index (χ3v) is 3.90. The Balaban J connectivity index is 3.03. The third kappa shape index (κ3) is 3.40. The third-order valence-electron chi connectivity index (χ3n) is 2.77. The van der Waals surface area contributed by atoms with Gasteiger partial charge in [-0.25, -0.2) is 8.42 Å². The number of Topliss-reactive ketones (excluding diaryl/α,β-unsaturated/α-hetero) is 1. The molecular formula is C13H18O4S. The summed E-state index contributed by atoms with van der Waals surface area (Å²) in [6.07, 6.45) is 2.18. The number of sulfone groups is 1. The maximum atomic E-state index is 12.0. The lowest BCUT2D eigenvalue weighted by Crippen LogP contribution is -2.34. The minimum atomic E-state index is -3.26. The first-order valence-corrected chi connectivity index (χ1v) is 7.65. The number of hydrogen-bond donors (Lipinski definition) is 1. The average molecular weight is 270 g/mol.